The second-order valence-corrected chi connectivity index (χ2v) is 3.57. The summed E-state index contributed by atoms with van der Waals surface area (Å²) in [5.41, 5.74) is -0.643. The van der Waals surface area contributed by atoms with Gasteiger partial charge in [0.25, 0.3) is 0 Å². The highest BCUT2D eigenvalue weighted by molar-refractivity contribution is 5.62. The van der Waals surface area contributed by atoms with Crippen LogP contribution in [0.25, 0.3) is 0 Å². The molecule has 0 aliphatic carbocycles. The number of aldehydes is 1. The highest BCUT2D eigenvalue weighted by atomic mass is 19.1. The Hall–Kier alpha value is -1.23. The molecule has 1 aliphatic heterocycles. The summed E-state index contributed by atoms with van der Waals surface area (Å²) in [4.78, 5) is 11.1. The molecule has 0 amide bonds. The number of aromatic nitrogens is 2. The van der Waals surface area contributed by atoms with Crippen LogP contribution >= 0.6 is 0 Å². The summed E-state index contributed by atoms with van der Waals surface area (Å²) in [6, 6.07) is 0. The number of hydrogen-bond donors (Lipinski definition) is 1. The fraction of sp³-hybridized carbons (Fsp3) is 0.556. The van der Waals surface area contributed by atoms with E-state index in [1.165, 1.54) is 10.9 Å². The molecular weight excluding hydrogens is 185 g/mol. The quantitative estimate of drug-likeness (QED) is 0.694. The predicted octanol–water partition coefficient (Wildman–Crippen LogP) is 0.300. The summed E-state index contributed by atoms with van der Waals surface area (Å²) in [5.74, 6) is -0.398. The summed E-state index contributed by atoms with van der Waals surface area (Å²) in [5, 5.41) is 7.02. The average Bonchev–Trinajstić information content (AvgIpc) is 2.66. The molecule has 2 rings (SSSR count). The molecule has 2 heterocycles. The third-order valence-corrected chi connectivity index (χ3v) is 2.70. The number of carbonyl (C=O) groups excluding carboxylic acids is 1. The zero-order valence-electron chi connectivity index (χ0n) is 7.74. The van der Waals surface area contributed by atoms with Gasteiger partial charge >= 0.3 is 0 Å². The minimum absolute atomic E-state index is 0.398. The van der Waals surface area contributed by atoms with Crippen molar-refractivity contribution in [1.82, 2.24) is 15.1 Å². The summed E-state index contributed by atoms with van der Waals surface area (Å²) < 4.78 is 14.2. The lowest BCUT2D eigenvalue weighted by Crippen LogP contribution is -2.45. The van der Waals surface area contributed by atoms with Crippen LogP contribution in [0.3, 0.4) is 0 Å². The molecule has 1 aliphatic rings. The molecule has 5 heteroatoms. The summed E-state index contributed by atoms with van der Waals surface area (Å²) in [6.07, 6.45) is 4.61. The number of hydrogen-bond acceptors (Lipinski definition) is 3. The van der Waals surface area contributed by atoms with E-state index < -0.39 is 11.4 Å². The van der Waals surface area contributed by atoms with E-state index in [4.69, 9.17) is 0 Å². The Morgan fingerprint density at radius 1 is 1.57 bits per heavy atom. The van der Waals surface area contributed by atoms with Crippen LogP contribution in [-0.4, -0.2) is 29.2 Å². The molecule has 0 saturated carbocycles. The third-order valence-electron chi connectivity index (χ3n) is 2.70. The Bertz CT molecular complexity index is 331. The van der Waals surface area contributed by atoms with Gasteiger partial charge in [-0.2, -0.15) is 5.10 Å². The van der Waals surface area contributed by atoms with Crippen molar-refractivity contribution in [2.75, 3.05) is 13.1 Å². The Labute approximate surface area is 81.1 Å². The van der Waals surface area contributed by atoms with E-state index in [-0.39, 0.29) is 0 Å². The van der Waals surface area contributed by atoms with E-state index in [0.29, 0.717) is 12.8 Å². The van der Waals surface area contributed by atoms with Gasteiger partial charge in [-0.3, -0.25) is 4.68 Å². The molecule has 0 radical (unpaired) electrons. The first-order chi connectivity index (χ1) is 6.77. The van der Waals surface area contributed by atoms with E-state index in [1.807, 2.05) is 0 Å². The maximum absolute atomic E-state index is 12.8. The fourth-order valence-electron chi connectivity index (χ4n) is 1.81. The number of nitrogens with zero attached hydrogens (tertiary/aromatic N) is 2. The molecule has 1 aromatic rings. The van der Waals surface area contributed by atoms with E-state index in [0.717, 1.165) is 25.6 Å². The van der Waals surface area contributed by atoms with Crippen LogP contribution in [0.5, 0.6) is 0 Å². The summed E-state index contributed by atoms with van der Waals surface area (Å²) in [7, 11) is 0. The number of halogens is 1. The molecule has 0 atom stereocenters. The van der Waals surface area contributed by atoms with Crippen LogP contribution in [0.15, 0.2) is 12.4 Å². The summed E-state index contributed by atoms with van der Waals surface area (Å²) in [6.45, 7) is 1.53. The number of rotatable bonds is 2. The second-order valence-electron chi connectivity index (χ2n) is 3.57. The summed E-state index contributed by atoms with van der Waals surface area (Å²) >= 11 is 0. The highest BCUT2D eigenvalue weighted by Gasteiger charge is 2.34. The maximum Gasteiger partial charge on any atom is 0.161 e. The van der Waals surface area contributed by atoms with Crippen LogP contribution in [-0.2, 0) is 10.3 Å². The van der Waals surface area contributed by atoms with Crippen molar-refractivity contribution < 1.29 is 9.18 Å². The third kappa shape index (κ3) is 1.43. The van der Waals surface area contributed by atoms with Gasteiger partial charge in [0.05, 0.1) is 12.4 Å². The first-order valence-electron chi connectivity index (χ1n) is 4.64. The van der Waals surface area contributed by atoms with Crippen LogP contribution in [0.4, 0.5) is 4.39 Å². The Kier molecular flexibility index (Phi) is 2.33. The Balaban J connectivity index is 2.31. The van der Waals surface area contributed by atoms with Gasteiger partial charge in [0, 0.05) is 0 Å². The van der Waals surface area contributed by atoms with Gasteiger partial charge in [0.2, 0.25) is 0 Å². The van der Waals surface area contributed by atoms with Gasteiger partial charge in [0.1, 0.15) is 11.8 Å². The molecule has 1 fully saturated rings. The van der Waals surface area contributed by atoms with Crippen molar-refractivity contribution in [3.05, 3.63) is 18.2 Å². The molecule has 0 spiro atoms. The van der Waals surface area contributed by atoms with Gasteiger partial charge in [0.15, 0.2) is 5.82 Å². The van der Waals surface area contributed by atoms with Gasteiger partial charge in [-0.15, -0.1) is 0 Å². The number of piperidine rings is 1. The number of carbonyl (C=O) groups is 1. The topological polar surface area (TPSA) is 46.9 Å². The largest absolute Gasteiger partial charge is 0.317 e. The van der Waals surface area contributed by atoms with Gasteiger partial charge in [-0.25, -0.2) is 4.39 Å². The van der Waals surface area contributed by atoms with E-state index in [2.05, 4.69) is 10.4 Å². The molecule has 14 heavy (non-hydrogen) atoms. The Morgan fingerprint density at radius 2 is 2.29 bits per heavy atom. The lowest BCUT2D eigenvalue weighted by atomic mass is 9.90. The standard InChI is InChI=1S/C9H12FN3O/c10-8-5-12-13(6-8)9(7-14)1-3-11-4-2-9/h5-7,11H,1-4H2. The minimum Gasteiger partial charge on any atom is -0.317 e. The van der Waals surface area contributed by atoms with Gasteiger partial charge in [-0.1, -0.05) is 0 Å². The van der Waals surface area contributed by atoms with Crippen molar-refractivity contribution in [3.8, 4) is 0 Å². The van der Waals surface area contributed by atoms with Crippen molar-refractivity contribution in [2.24, 2.45) is 0 Å². The number of nitrogens with one attached hydrogen (secondary N) is 1. The van der Waals surface area contributed by atoms with Crippen molar-refractivity contribution in [3.63, 3.8) is 0 Å². The van der Waals surface area contributed by atoms with Gasteiger partial charge < -0.3 is 10.1 Å². The van der Waals surface area contributed by atoms with Crippen molar-refractivity contribution >= 4 is 6.29 Å². The maximum atomic E-state index is 12.8. The predicted molar refractivity (Wildman–Crippen MR) is 48.3 cm³/mol. The SMILES string of the molecule is O=CC1(n2cc(F)cn2)CCNCC1. The zero-order valence-corrected chi connectivity index (χ0v) is 7.74. The van der Waals surface area contributed by atoms with E-state index in [1.54, 1.807) is 0 Å². The lowest BCUT2D eigenvalue weighted by Gasteiger charge is -2.32. The molecule has 1 N–H and O–H groups in total. The van der Waals surface area contributed by atoms with Crippen molar-refractivity contribution in [1.29, 1.82) is 0 Å². The molecule has 1 aromatic heterocycles. The molecule has 0 unspecified atom stereocenters. The first-order valence-corrected chi connectivity index (χ1v) is 4.64. The minimum atomic E-state index is -0.643. The lowest BCUT2D eigenvalue weighted by molar-refractivity contribution is -0.117. The molecule has 1 saturated heterocycles. The first kappa shape index (κ1) is 9.33. The monoisotopic (exact) mass is 197 g/mol. The molecule has 0 aromatic carbocycles. The molecule has 4 nitrogen and oxygen atoms in total. The van der Waals surface area contributed by atoms with Crippen LogP contribution in [0.1, 0.15) is 12.8 Å². The smallest absolute Gasteiger partial charge is 0.161 e. The molecule has 0 bridgehead atoms. The van der Waals surface area contributed by atoms with Crippen LogP contribution in [0.2, 0.25) is 0 Å². The average molecular weight is 197 g/mol. The zero-order chi connectivity index (χ0) is 10.0. The Morgan fingerprint density at radius 3 is 2.79 bits per heavy atom. The van der Waals surface area contributed by atoms with E-state index >= 15 is 0 Å². The van der Waals surface area contributed by atoms with Crippen molar-refractivity contribution in [2.45, 2.75) is 18.4 Å². The highest BCUT2D eigenvalue weighted by Crippen LogP contribution is 2.24. The molecule has 76 valence electrons. The van der Waals surface area contributed by atoms with Crippen LogP contribution in [0, 0.1) is 5.82 Å². The van der Waals surface area contributed by atoms with Crippen LogP contribution < -0.4 is 5.32 Å². The fourth-order valence-corrected chi connectivity index (χ4v) is 1.81. The van der Waals surface area contributed by atoms with Gasteiger partial charge in [-0.05, 0) is 25.9 Å². The molecular formula is C9H12FN3O. The van der Waals surface area contributed by atoms with E-state index in [9.17, 15) is 9.18 Å². The normalized spacial score (nSPS) is 20.6. The second kappa shape index (κ2) is 3.49.